The SMILES string of the molecule is COc1ccc(OCCCCCCCC(C(C)=O)C(=O)O)c(Cl)c1. The lowest BCUT2D eigenvalue weighted by atomic mass is 9.97. The number of rotatable bonds is 12. The van der Waals surface area contributed by atoms with E-state index in [2.05, 4.69) is 0 Å². The van der Waals surface area contributed by atoms with E-state index in [9.17, 15) is 9.59 Å². The van der Waals surface area contributed by atoms with Gasteiger partial charge < -0.3 is 14.6 Å². The lowest BCUT2D eigenvalue weighted by Crippen LogP contribution is -2.21. The van der Waals surface area contributed by atoms with Crippen LogP contribution in [-0.2, 0) is 9.59 Å². The molecule has 0 fully saturated rings. The summed E-state index contributed by atoms with van der Waals surface area (Å²) in [6, 6.07) is 5.30. The van der Waals surface area contributed by atoms with Gasteiger partial charge in [-0.15, -0.1) is 0 Å². The van der Waals surface area contributed by atoms with E-state index in [0.29, 0.717) is 29.5 Å². The average Bonchev–Trinajstić information content (AvgIpc) is 2.53. The first-order valence-electron chi connectivity index (χ1n) is 8.15. The molecule has 0 spiro atoms. The van der Waals surface area contributed by atoms with Gasteiger partial charge in [0.15, 0.2) is 0 Å². The van der Waals surface area contributed by atoms with Crippen molar-refractivity contribution in [3.63, 3.8) is 0 Å². The monoisotopic (exact) mass is 356 g/mol. The third-order valence-corrected chi connectivity index (χ3v) is 4.12. The lowest BCUT2D eigenvalue weighted by Gasteiger charge is -2.10. The Bertz CT molecular complexity index is 530. The highest BCUT2D eigenvalue weighted by Crippen LogP contribution is 2.28. The third kappa shape index (κ3) is 7.21. The molecule has 0 saturated heterocycles. The molecule has 134 valence electrons. The van der Waals surface area contributed by atoms with Crippen molar-refractivity contribution in [2.75, 3.05) is 13.7 Å². The van der Waals surface area contributed by atoms with Gasteiger partial charge in [0, 0.05) is 6.07 Å². The predicted octanol–water partition coefficient (Wildman–Crippen LogP) is 4.36. The number of carboxylic acid groups (broad SMARTS) is 1. The van der Waals surface area contributed by atoms with Gasteiger partial charge in [-0.1, -0.05) is 37.3 Å². The maximum absolute atomic E-state index is 11.2. The van der Waals surface area contributed by atoms with Crippen LogP contribution in [0.25, 0.3) is 0 Å². The number of halogens is 1. The smallest absolute Gasteiger partial charge is 0.314 e. The van der Waals surface area contributed by atoms with E-state index in [4.69, 9.17) is 26.2 Å². The van der Waals surface area contributed by atoms with Gasteiger partial charge in [0.05, 0.1) is 18.7 Å². The molecule has 0 aliphatic rings. The number of hydrogen-bond acceptors (Lipinski definition) is 4. The van der Waals surface area contributed by atoms with Crippen molar-refractivity contribution in [2.45, 2.75) is 45.4 Å². The van der Waals surface area contributed by atoms with Gasteiger partial charge in [0.2, 0.25) is 0 Å². The van der Waals surface area contributed by atoms with E-state index in [-0.39, 0.29) is 5.78 Å². The highest BCUT2D eigenvalue weighted by Gasteiger charge is 2.21. The number of carboxylic acids is 1. The van der Waals surface area contributed by atoms with Crippen LogP contribution in [0.1, 0.15) is 45.4 Å². The van der Waals surface area contributed by atoms with Crippen LogP contribution in [0.15, 0.2) is 18.2 Å². The summed E-state index contributed by atoms with van der Waals surface area (Å²) in [6.07, 6.45) is 4.97. The molecular formula is C18H25ClO5. The van der Waals surface area contributed by atoms with Crippen LogP contribution in [0, 0.1) is 5.92 Å². The number of aliphatic carboxylic acids is 1. The molecule has 5 nitrogen and oxygen atoms in total. The van der Waals surface area contributed by atoms with E-state index in [1.807, 2.05) is 0 Å². The fourth-order valence-corrected chi connectivity index (χ4v) is 2.61. The zero-order valence-electron chi connectivity index (χ0n) is 14.2. The van der Waals surface area contributed by atoms with Crippen LogP contribution in [0.5, 0.6) is 11.5 Å². The number of benzene rings is 1. The largest absolute Gasteiger partial charge is 0.497 e. The fourth-order valence-electron chi connectivity index (χ4n) is 2.39. The molecule has 0 heterocycles. The Morgan fingerprint density at radius 2 is 1.83 bits per heavy atom. The Labute approximate surface area is 147 Å². The Morgan fingerprint density at radius 1 is 1.17 bits per heavy atom. The van der Waals surface area contributed by atoms with Crippen molar-refractivity contribution in [1.29, 1.82) is 0 Å². The van der Waals surface area contributed by atoms with Crippen molar-refractivity contribution in [1.82, 2.24) is 0 Å². The molecule has 0 saturated carbocycles. The molecule has 0 aliphatic carbocycles. The summed E-state index contributed by atoms with van der Waals surface area (Å²) in [6.45, 7) is 1.91. The number of carbonyl (C=O) groups excluding carboxylic acids is 1. The topological polar surface area (TPSA) is 72.8 Å². The number of ketones is 1. The second kappa shape index (κ2) is 10.9. The molecular weight excluding hydrogens is 332 g/mol. The van der Waals surface area contributed by atoms with E-state index in [1.54, 1.807) is 25.3 Å². The second-order valence-corrected chi connectivity index (χ2v) is 6.11. The molecule has 0 amide bonds. The zero-order valence-corrected chi connectivity index (χ0v) is 15.0. The number of Topliss-reactive ketones (excluding diaryl/α,β-unsaturated/α-hetero) is 1. The van der Waals surface area contributed by atoms with Crippen molar-refractivity contribution in [3.05, 3.63) is 23.2 Å². The van der Waals surface area contributed by atoms with E-state index in [0.717, 1.165) is 32.1 Å². The van der Waals surface area contributed by atoms with Gasteiger partial charge in [0.1, 0.15) is 23.2 Å². The number of methoxy groups -OCH3 is 1. The molecule has 1 unspecified atom stereocenters. The average molecular weight is 357 g/mol. The van der Waals surface area contributed by atoms with Crippen LogP contribution in [0.4, 0.5) is 0 Å². The molecule has 0 radical (unpaired) electrons. The van der Waals surface area contributed by atoms with Crippen LogP contribution in [0.2, 0.25) is 5.02 Å². The first kappa shape index (κ1) is 20.3. The first-order chi connectivity index (χ1) is 11.5. The standard InChI is InChI=1S/C18H25ClO5/c1-13(20)15(18(21)22)8-6-4-3-5-7-11-24-17-10-9-14(23-2)12-16(17)19/h9-10,12,15H,3-8,11H2,1-2H3,(H,21,22). The Balaban J connectivity index is 2.12. The molecule has 1 rings (SSSR count). The minimum absolute atomic E-state index is 0.271. The predicted molar refractivity (Wildman–Crippen MR) is 93.0 cm³/mol. The summed E-state index contributed by atoms with van der Waals surface area (Å²) in [5, 5.41) is 9.45. The van der Waals surface area contributed by atoms with Crippen molar-refractivity contribution >= 4 is 23.4 Å². The molecule has 6 heteroatoms. The molecule has 0 aromatic heterocycles. The fraction of sp³-hybridized carbons (Fsp3) is 0.556. The number of hydrogen-bond donors (Lipinski definition) is 1. The summed E-state index contributed by atoms with van der Waals surface area (Å²) in [4.78, 5) is 22.1. The van der Waals surface area contributed by atoms with Crippen LogP contribution in [-0.4, -0.2) is 30.6 Å². The summed E-state index contributed by atoms with van der Waals surface area (Å²) in [7, 11) is 1.58. The molecule has 1 aromatic carbocycles. The van der Waals surface area contributed by atoms with Gasteiger partial charge in [0.25, 0.3) is 0 Å². The summed E-state index contributed by atoms with van der Waals surface area (Å²) in [5.74, 6) is -0.814. The van der Waals surface area contributed by atoms with Crippen LogP contribution >= 0.6 is 11.6 Å². The van der Waals surface area contributed by atoms with Crippen LogP contribution in [0.3, 0.4) is 0 Å². The lowest BCUT2D eigenvalue weighted by molar-refractivity contribution is -0.146. The van der Waals surface area contributed by atoms with Crippen molar-refractivity contribution in [3.8, 4) is 11.5 Å². The molecule has 0 bridgehead atoms. The summed E-state index contributed by atoms with van der Waals surface area (Å²) >= 11 is 6.09. The van der Waals surface area contributed by atoms with Gasteiger partial charge in [-0.3, -0.25) is 9.59 Å². The maximum atomic E-state index is 11.2. The summed E-state index contributed by atoms with van der Waals surface area (Å²) < 4.78 is 10.7. The normalized spacial score (nSPS) is 11.8. The highest BCUT2D eigenvalue weighted by atomic mass is 35.5. The molecule has 1 atom stereocenters. The number of ether oxygens (including phenoxy) is 2. The maximum Gasteiger partial charge on any atom is 0.314 e. The van der Waals surface area contributed by atoms with E-state index in [1.165, 1.54) is 6.92 Å². The molecule has 24 heavy (non-hydrogen) atoms. The van der Waals surface area contributed by atoms with Gasteiger partial charge in [-0.25, -0.2) is 0 Å². The molecule has 1 N–H and O–H groups in total. The van der Waals surface area contributed by atoms with Gasteiger partial charge in [-0.2, -0.15) is 0 Å². The van der Waals surface area contributed by atoms with Gasteiger partial charge >= 0.3 is 5.97 Å². The Kier molecular flexibility index (Phi) is 9.23. The minimum Gasteiger partial charge on any atom is -0.497 e. The zero-order chi connectivity index (χ0) is 17.9. The Morgan fingerprint density at radius 3 is 2.42 bits per heavy atom. The van der Waals surface area contributed by atoms with Gasteiger partial charge in [-0.05, 0) is 31.9 Å². The number of carbonyl (C=O) groups is 2. The molecule has 0 aliphatic heterocycles. The van der Waals surface area contributed by atoms with E-state index < -0.39 is 11.9 Å². The quantitative estimate of drug-likeness (QED) is 0.445. The van der Waals surface area contributed by atoms with Crippen LogP contribution < -0.4 is 9.47 Å². The van der Waals surface area contributed by atoms with Crippen molar-refractivity contribution < 1.29 is 24.2 Å². The van der Waals surface area contributed by atoms with E-state index >= 15 is 0 Å². The Hall–Kier alpha value is -1.75. The minimum atomic E-state index is -1.02. The molecule has 1 aromatic rings. The summed E-state index contributed by atoms with van der Waals surface area (Å²) in [5.41, 5.74) is 0. The van der Waals surface area contributed by atoms with Crippen molar-refractivity contribution in [2.24, 2.45) is 5.92 Å². The number of unbranched alkanes of at least 4 members (excludes halogenated alkanes) is 4. The third-order valence-electron chi connectivity index (χ3n) is 3.82. The highest BCUT2D eigenvalue weighted by molar-refractivity contribution is 6.32. The second-order valence-electron chi connectivity index (χ2n) is 5.70. The first-order valence-corrected chi connectivity index (χ1v) is 8.53.